The van der Waals surface area contributed by atoms with Crippen LogP contribution in [0, 0.1) is 0 Å². The second-order valence-corrected chi connectivity index (χ2v) is 6.67. The fraction of sp³-hybridized carbons (Fsp3) is 0.667. The molecule has 1 aromatic heterocycles. The Kier molecular flexibility index (Phi) is 5.56. The topological polar surface area (TPSA) is 83.9 Å². The van der Waals surface area contributed by atoms with Crippen molar-refractivity contribution in [3.05, 3.63) is 23.9 Å². The minimum atomic E-state index is -0.295. The lowest BCUT2D eigenvalue weighted by molar-refractivity contribution is -0.0992. The monoisotopic (exact) mass is 349 g/mol. The summed E-state index contributed by atoms with van der Waals surface area (Å²) >= 11 is 0. The second kappa shape index (κ2) is 7.68. The number of anilines is 1. The highest BCUT2D eigenvalue weighted by molar-refractivity contribution is 5.99. The Bertz CT molecular complexity index is 612. The van der Waals surface area contributed by atoms with Crippen molar-refractivity contribution >= 4 is 11.7 Å². The molecule has 1 aliphatic heterocycles. The first-order chi connectivity index (χ1) is 12.1. The number of aliphatic hydroxyl groups is 1. The highest BCUT2D eigenvalue weighted by Gasteiger charge is 2.53. The largest absolute Gasteiger partial charge is 0.394 e. The van der Waals surface area contributed by atoms with Crippen molar-refractivity contribution in [2.24, 2.45) is 0 Å². The molecule has 0 radical (unpaired) electrons. The molecule has 0 aromatic carbocycles. The predicted molar refractivity (Wildman–Crippen MR) is 93.6 cm³/mol. The lowest BCUT2D eigenvalue weighted by atomic mass is 9.79. The summed E-state index contributed by atoms with van der Waals surface area (Å²) in [6, 6.07) is 3.56. The van der Waals surface area contributed by atoms with E-state index in [-0.39, 0.29) is 30.3 Å². The quantitative estimate of drug-likeness (QED) is 0.805. The predicted octanol–water partition coefficient (Wildman–Crippen LogP) is 1.28. The number of amides is 1. The van der Waals surface area contributed by atoms with Gasteiger partial charge in [0.25, 0.3) is 5.91 Å². The number of methoxy groups -OCH3 is 1. The van der Waals surface area contributed by atoms with Crippen molar-refractivity contribution in [2.45, 2.75) is 43.4 Å². The second-order valence-electron chi connectivity index (χ2n) is 6.67. The van der Waals surface area contributed by atoms with E-state index >= 15 is 0 Å². The summed E-state index contributed by atoms with van der Waals surface area (Å²) in [5, 5.41) is 12.0. The number of pyridine rings is 1. The first kappa shape index (κ1) is 18.1. The van der Waals surface area contributed by atoms with Gasteiger partial charge in [-0.25, -0.2) is 4.98 Å². The van der Waals surface area contributed by atoms with E-state index in [2.05, 4.69) is 10.3 Å². The van der Waals surface area contributed by atoms with Crippen LogP contribution in [0.1, 0.15) is 36.0 Å². The van der Waals surface area contributed by atoms with E-state index in [0.717, 1.165) is 25.7 Å². The van der Waals surface area contributed by atoms with E-state index in [1.165, 1.54) is 0 Å². The van der Waals surface area contributed by atoms with Gasteiger partial charge in [-0.15, -0.1) is 0 Å². The summed E-state index contributed by atoms with van der Waals surface area (Å²) in [4.78, 5) is 19.3. The Morgan fingerprint density at radius 3 is 3.08 bits per heavy atom. The van der Waals surface area contributed by atoms with E-state index in [1.807, 2.05) is 4.90 Å². The van der Waals surface area contributed by atoms with Gasteiger partial charge in [-0.2, -0.15) is 0 Å². The maximum absolute atomic E-state index is 13.2. The first-order valence-electron chi connectivity index (χ1n) is 8.86. The Morgan fingerprint density at radius 2 is 2.36 bits per heavy atom. The number of aliphatic hydroxyl groups excluding tert-OH is 1. The van der Waals surface area contributed by atoms with Gasteiger partial charge in [0.05, 0.1) is 36.5 Å². The van der Waals surface area contributed by atoms with E-state index in [4.69, 9.17) is 14.6 Å². The fourth-order valence-corrected chi connectivity index (χ4v) is 4.21. The Morgan fingerprint density at radius 1 is 1.52 bits per heavy atom. The molecule has 1 amide bonds. The number of rotatable bonds is 6. The van der Waals surface area contributed by atoms with Crippen molar-refractivity contribution in [2.75, 3.05) is 39.2 Å². The third kappa shape index (κ3) is 3.36. The highest BCUT2D eigenvalue weighted by Crippen LogP contribution is 2.43. The number of nitrogens with one attached hydrogen (secondary N) is 1. The van der Waals surface area contributed by atoms with Crippen LogP contribution in [0.25, 0.3) is 0 Å². The van der Waals surface area contributed by atoms with Crippen LogP contribution in [-0.4, -0.2) is 72.6 Å². The molecule has 2 heterocycles. The number of likely N-dealkylation sites (tertiary alicyclic amines) is 1. The van der Waals surface area contributed by atoms with Crippen LogP contribution in [0.3, 0.4) is 0 Å². The number of carbonyl (C=O) groups excluding carboxylic acids is 1. The van der Waals surface area contributed by atoms with Crippen molar-refractivity contribution in [3.8, 4) is 0 Å². The Hall–Kier alpha value is -1.70. The lowest BCUT2D eigenvalue weighted by Crippen LogP contribution is -2.53. The van der Waals surface area contributed by atoms with Crippen LogP contribution < -0.4 is 5.32 Å². The molecule has 3 rings (SSSR count). The smallest absolute Gasteiger partial charge is 0.257 e. The van der Waals surface area contributed by atoms with Crippen LogP contribution >= 0.6 is 0 Å². The molecule has 2 fully saturated rings. The molecule has 0 bridgehead atoms. The van der Waals surface area contributed by atoms with Gasteiger partial charge in [-0.3, -0.25) is 4.79 Å². The number of aromatic nitrogens is 1. The summed E-state index contributed by atoms with van der Waals surface area (Å²) < 4.78 is 11.6. The van der Waals surface area contributed by atoms with Gasteiger partial charge in [-0.1, -0.05) is 0 Å². The van der Waals surface area contributed by atoms with Gasteiger partial charge in [0, 0.05) is 26.9 Å². The highest BCUT2D eigenvalue weighted by atomic mass is 16.5. The van der Waals surface area contributed by atoms with Crippen molar-refractivity contribution in [1.82, 2.24) is 9.88 Å². The van der Waals surface area contributed by atoms with Crippen molar-refractivity contribution in [3.63, 3.8) is 0 Å². The summed E-state index contributed by atoms with van der Waals surface area (Å²) in [7, 11) is 3.50. The van der Waals surface area contributed by atoms with Gasteiger partial charge < -0.3 is 24.8 Å². The molecule has 1 aromatic rings. The normalized spacial score (nSPS) is 28.7. The van der Waals surface area contributed by atoms with Crippen LogP contribution in [-0.2, 0) is 9.47 Å². The number of ether oxygens (including phenoxy) is 2. The zero-order chi connectivity index (χ0) is 17.9. The summed E-state index contributed by atoms with van der Waals surface area (Å²) in [5.41, 5.74) is 0.284. The van der Waals surface area contributed by atoms with Gasteiger partial charge in [-0.05, 0) is 37.8 Å². The zero-order valence-electron chi connectivity index (χ0n) is 14.9. The molecular weight excluding hydrogens is 322 g/mol. The molecule has 2 N–H and O–H groups in total. The molecule has 138 valence electrons. The number of carbonyl (C=O) groups is 1. The number of fused-ring (bicyclic) bond motifs is 1. The first-order valence-corrected chi connectivity index (χ1v) is 8.86. The van der Waals surface area contributed by atoms with Gasteiger partial charge in [0.1, 0.15) is 5.82 Å². The summed E-state index contributed by atoms with van der Waals surface area (Å²) in [5.74, 6) is 0.565. The van der Waals surface area contributed by atoms with Gasteiger partial charge in [0.15, 0.2) is 0 Å². The van der Waals surface area contributed by atoms with Crippen LogP contribution in [0.4, 0.5) is 5.82 Å². The molecule has 7 nitrogen and oxygen atoms in total. The van der Waals surface area contributed by atoms with E-state index in [9.17, 15) is 4.79 Å². The van der Waals surface area contributed by atoms with Gasteiger partial charge >= 0.3 is 0 Å². The van der Waals surface area contributed by atoms with E-state index < -0.39 is 0 Å². The lowest BCUT2D eigenvalue weighted by Gasteiger charge is -2.43. The third-order valence-electron chi connectivity index (χ3n) is 5.52. The van der Waals surface area contributed by atoms with Crippen molar-refractivity contribution in [1.29, 1.82) is 0 Å². The maximum atomic E-state index is 13.2. The molecule has 1 aliphatic carbocycles. The minimum Gasteiger partial charge on any atom is -0.394 e. The number of hydrogen-bond acceptors (Lipinski definition) is 6. The molecule has 3 atom stereocenters. The Labute approximate surface area is 148 Å². The number of hydrogen-bond donors (Lipinski definition) is 2. The zero-order valence-corrected chi connectivity index (χ0v) is 14.9. The molecule has 25 heavy (non-hydrogen) atoms. The average Bonchev–Trinajstić information content (AvgIpc) is 3.05. The van der Waals surface area contributed by atoms with Crippen LogP contribution in [0.5, 0.6) is 0 Å². The van der Waals surface area contributed by atoms with Crippen LogP contribution in [0.15, 0.2) is 18.3 Å². The average molecular weight is 349 g/mol. The van der Waals surface area contributed by atoms with Gasteiger partial charge in [0.2, 0.25) is 0 Å². The molecular formula is C18H27N3O4. The molecule has 2 aliphatic rings. The fourth-order valence-electron chi connectivity index (χ4n) is 4.21. The molecule has 1 saturated heterocycles. The third-order valence-corrected chi connectivity index (χ3v) is 5.52. The van der Waals surface area contributed by atoms with Crippen LogP contribution in [0.2, 0.25) is 0 Å². The SMILES string of the molecule is CNc1ncccc1C(=O)N1CC[C@]2(OC)CCC(OCCO)CC12. The van der Waals surface area contributed by atoms with E-state index in [1.54, 1.807) is 32.5 Å². The maximum Gasteiger partial charge on any atom is 0.257 e. The molecule has 1 saturated carbocycles. The summed E-state index contributed by atoms with van der Waals surface area (Å²) in [6.45, 7) is 1.01. The molecule has 7 heteroatoms. The summed E-state index contributed by atoms with van der Waals surface area (Å²) in [6.07, 6.45) is 5.04. The number of nitrogens with zero attached hydrogens (tertiary/aromatic N) is 2. The minimum absolute atomic E-state index is 0.0143. The molecule has 0 spiro atoms. The van der Waals surface area contributed by atoms with Crippen molar-refractivity contribution < 1.29 is 19.4 Å². The standard InChI is InChI=1S/C18H27N3O4/c1-19-16-14(4-3-8-20-16)17(23)21-9-7-18(24-2)6-5-13(12-15(18)21)25-11-10-22/h3-4,8,13,15,22H,5-7,9-12H2,1-2H3,(H,19,20)/t13?,15?,18-/m1/s1. The Balaban J connectivity index is 1.82. The van der Waals surface area contributed by atoms with E-state index in [0.29, 0.717) is 24.5 Å². The molecule has 2 unspecified atom stereocenters.